The van der Waals surface area contributed by atoms with Gasteiger partial charge in [-0.25, -0.2) is 4.39 Å². The third-order valence-corrected chi connectivity index (χ3v) is 6.02. The number of ether oxygens (including phenoxy) is 1. The smallest absolute Gasteiger partial charge is 0.290 e. The van der Waals surface area contributed by atoms with Crippen molar-refractivity contribution >= 4 is 29.4 Å². The second-order valence-electron chi connectivity index (χ2n) is 8.19. The highest BCUT2D eigenvalue weighted by atomic mass is 19.1. The van der Waals surface area contributed by atoms with E-state index in [-0.39, 0.29) is 18.2 Å². The fraction of sp³-hybridized carbons (Fsp3) is 0.333. The summed E-state index contributed by atoms with van der Waals surface area (Å²) in [5.74, 6) is 0.770. The van der Waals surface area contributed by atoms with Crippen LogP contribution in [0.5, 0.6) is 0 Å². The van der Waals surface area contributed by atoms with Crippen LogP contribution < -0.4 is 5.32 Å². The molecule has 0 bridgehead atoms. The van der Waals surface area contributed by atoms with E-state index in [0.717, 1.165) is 36.7 Å². The van der Waals surface area contributed by atoms with Crippen molar-refractivity contribution in [1.29, 1.82) is 0 Å². The average molecular weight is 424 g/mol. The normalized spacial score (nSPS) is 20.3. The van der Waals surface area contributed by atoms with Crippen molar-refractivity contribution in [2.24, 2.45) is 5.92 Å². The minimum atomic E-state index is -0.363. The Morgan fingerprint density at radius 1 is 1.19 bits per heavy atom. The quantitative estimate of drug-likeness (QED) is 0.560. The van der Waals surface area contributed by atoms with Gasteiger partial charge in [-0.15, -0.1) is 0 Å². The van der Waals surface area contributed by atoms with E-state index in [1.807, 2.05) is 6.07 Å². The second-order valence-corrected chi connectivity index (χ2v) is 8.19. The van der Waals surface area contributed by atoms with E-state index in [4.69, 9.17) is 14.6 Å². The zero-order valence-corrected chi connectivity index (χ0v) is 17.4. The lowest BCUT2D eigenvalue weighted by atomic mass is 9.97. The molecule has 3 aliphatic rings. The minimum absolute atomic E-state index is 0.241. The largest absolute Gasteiger partial charge is 0.487 e. The molecule has 2 aromatic rings. The van der Waals surface area contributed by atoms with Gasteiger partial charge in [-0.2, -0.15) is 0 Å². The number of nitrogens with zero attached hydrogens (tertiary/aromatic N) is 1. The van der Waals surface area contributed by atoms with Crippen LogP contribution in [0.25, 0.3) is 11.3 Å². The van der Waals surface area contributed by atoms with Crippen LogP contribution in [0.15, 0.2) is 36.4 Å². The van der Waals surface area contributed by atoms with E-state index < -0.39 is 0 Å². The van der Waals surface area contributed by atoms with Crippen molar-refractivity contribution in [2.45, 2.75) is 32.9 Å². The van der Waals surface area contributed by atoms with Crippen molar-refractivity contribution in [1.82, 2.24) is 4.90 Å². The van der Waals surface area contributed by atoms with Crippen molar-refractivity contribution < 1.29 is 23.8 Å². The molecule has 2 N–H and O–H groups in total. The first kappa shape index (κ1) is 21.1. The Bertz CT molecular complexity index is 1040. The number of hydrogen-bond donors (Lipinski definition) is 2. The van der Waals surface area contributed by atoms with E-state index in [9.17, 15) is 9.18 Å². The molecule has 0 aliphatic carbocycles. The van der Waals surface area contributed by atoms with Gasteiger partial charge in [-0.1, -0.05) is 25.1 Å². The predicted molar refractivity (Wildman–Crippen MR) is 115 cm³/mol. The van der Waals surface area contributed by atoms with Gasteiger partial charge in [0.05, 0.1) is 5.57 Å². The number of nitrogens with one attached hydrogen (secondary N) is 1. The minimum Gasteiger partial charge on any atom is -0.487 e. The SMILES string of the molecule is CC1CCN(Cc2ccc3c(c2)CO/C3=C2/C(=O)Nc3ccc(F)cc32)CC1.O=CO. The number of carbonyl (C=O) groups excluding carboxylic acids is 1. The maximum absolute atomic E-state index is 13.7. The topological polar surface area (TPSA) is 78.9 Å². The first-order chi connectivity index (χ1) is 15.0. The second kappa shape index (κ2) is 8.89. The molecule has 7 heteroatoms. The number of amides is 1. The number of hydrogen-bond acceptors (Lipinski definition) is 4. The van der Waals surface area contributed by atoms with Crippen molar-refractivity contribution in [3.05, 3.63) is 64.5 Å². The molecular weight excluding hydrogens is 399 g/mol. The van der Waals surface area contributed by atoms with Gasteiger partial charge in [0.1, 0.15) is 18.2 Å². The van der Waals surface area contributed by atoms with E-state index in [2.05, 4.69) is 29.3 Å². The summed E-state index contributed by atoms with van der Waals surface area (Å²) in [6, 6.07) is 10.7. The molecule has 0 unspecified atom stereocenters. The molecule has 0 spiro atoms. The van der Waals surface area contributed by atoms with Gasteiger partial charge in [-0.3, -0.25) is 14.5 Å². The van der Waals surface area contributed by atoms with E-state index in [1.54, 1.807) is 6.07 Å². The Morgan fingerprint density at radius 3 is 2.68 bits per heavy atom. The maximum Gasteiger partial charge on any atom is 0.290 e. The zero-order valence-electron chi connectivity index (χ0n) is 17.4. The van der Waals surface area contributed by atoms with Crippen LogP contribution in [0, 0.1) is 11.7 Å². The lowest BCUT2D eigenvalue weighted by molar-refractivity contribution is -0.122. The van der Waals surface area contributed by atoms with Crippen molar-refractivity contribution in [3.63, 3.8) is 0 Å². The molecule has 6 nitrogen and oxygen atoms in total. The molecule has 1 fully saturated rings. The summed E-state index contributed by atoms with van der Waals surface area (Å²) >= 11 is 0. The number of rotatable bonds is 2. The van der Waals surface area contributed by atoms with Crippen molar-refractivity contribution in [2.75, 3.05) is 18.4 Å². The maximum atomic E-state index is 13.7. The molecule has 1 amide bonds. The molecule has 2 aromatic carbocycles. The van der Waals surface area contributed by atoms with Gasteiger partial charge in [-0.05, 0) is 55.6 Å². The number of fused-ring (bicyclic) bond motifs is 2. The Labute approximate surface area is 180 Å². The summed E-state index contributed by atoms with van der Waals surface area (Å²) in [5, 5.41) is 9.69. The van der Waals surface area contributed by atoms with Crippen LogP contribution in [0.3, 0.4) is 0 Å². The Hall–Kier alpha value is -3.19. The standard InChI is InChI=1S/C23H23FN2O2.CH2O2/c1-14-6-8-26(9-7-14)12-15-2-4-18-16(10-15)13-28-22(18)21-19-11-17(24)3-5-20(19)25-23(21)27;2-1-3/h2-5,10-11,14H,6-9,12-13H2,1H3,(H,25,27);1H,(H,2,3)/b22-21+;. The molecule has 0 saturated carbocycles. The number of carbonyl (C=O) groups is 2. The van der Waals surface area contributed by atoms with Crippen LogP contribution in [0.4, 0.5) is 10.1 Å². The number of likely N-dealkylation sites (tertiary alicyclic amines) is 1. The fourth-order valence-corrected chi connectivity index (χ4v) is 4.36. The molecule has 5 rings (SSSR count). The summed E-state index contributed by atoms with van der Waals surface area (Å²) in [7, 11) is 0. The third-order valence-electron chi connectivity index (χ3n) is 6.02. The molecule has 3 heterocycles. The molecule has 0 radical (unpaired) electrons. The highest BCUT2D eigenvalue weighted by molar-refractivity contribution is 6.36. The molecule has 0 atom stereocenters. The molecule has 1 saturated heterocycles. The zero-order chi connectivity index (χ0) is 22.0. The third kappa shape index (κ3) is 4.32. The van der Waals surface area contributed by atoms with E-state index in [1.165, 1.54) is 30.5 Å². The Morgan fingerprint density at radius 2 is 1.94 bits per heavy atom. The first-order valence-electron chi connectivity index (χ1n) is 10.4. The highest BCUT2D eigenvalue weighted by Gasteiger charge is 2.33. The lowest BCUT2D eigenvalue weighted by Gasteiger charge is -2.30. The Kier molecular flexibility index (Phi) is 6.04. The van der Waals surface area contributed by atoms with E-state index in [0.29, 0.717) is 29.2 Å². The monoisotopic (exact) mass is 424 g/mol. The summed E-state index contributed by atoms with van der Waals surface area (Å²) in [6.07, 6.45) is 2.52. The number of halogens is 1. The Balaban J connectivity index is 0.000000730. The fourth-order valence-electron chi connectivity index (χ4n) is 4.36. The number of anilines is 1. The number of carboxylic acid groups (broad SMARTS) is 1. The van der Waals surface area contributed by atoms with Crippen LogP contribution in [-0.4, -0.2) is 35.5 Å². The summed E-state index contributed by atoms with van der Waals surface area (Å²) in [6.45, 7) is 5.75. The molecule has 3 aliphatic heterocycles. The lowest BCUT2D eigenvalue weighted by Crippen LogP contribution is -2.32. The van der Waals surface area contributed by atoms with Crippen LogP contribution in [0.2, 0.25) is 0 Å². The van der Waals surface area contributed by atoms with Crippen LogP contribution in [0.1, 0.15) is 42.0 Å². The molecule has 162 valence electrons. The van der Waals surface area contributed by atoms with Gasteiger partial charge in [0.2, 0.25) is 0 Å². The molecule has 31 heavy (non-hydrogen) atoms. The van der Waals surface area contributed by atoms with Gasteiger partial charge in [0, 0.05) is 28.9 Å². The number of benzene rings is 2. The van der Waals surface area contributed by atoms with Gasteiger partial charge in [0.15, 0.2) is 0 Å². The summed E-state index contributed by atoms with van der Waals surface area (Å²) < 4.78 is 19.7. The van der Waals surface area contributed by atoms with Gasteiger partial charge in [0.25, 0.3) is 12.4 Å². The van der Waals surface area contributed by atoms with Gasteiger partial charge < -0.3 is 15.2 Å². The molecular formula is C24H25FN2O4. The summed E-state index contributed by atoms with van der Waals surface area (Å²) in [5.41, 5.74) is 4.90. The predicted octanol–water partition coefficient (Wildman–Crippen LogP) is 4.11. The average Bonchev–Trinajstić information content (AvgIpc) is 3.29. The molecule has 0 aromatic heterocycles. The van der Waals surface area contributed by atoms with Crippen LogP contribution >= 0.6 is 0 Å². The van der Waals surface area contributed by atoms with Crippen LogP contribution in [-0.2, 0) is 27.5 Å². The van der Waals surface area contributed by atoms with Crippen molar-refractivity contribution in [3.8, 4) is 0 Å². The number of piperidine rings is 1. The first-order valence-corrected chi connectivity index (χ1v) is 10.4. The van der Waals surface area contributed by atoms with Gasteiger partial charge >= 0.3 is 0 Å². The van der Waals surface area contributed by atoms with E-state index >= 15 is 0 Å². The summed E-state index contributed by atoms with van der Waals surface area (Å²) in [4.78, 5) is 23.4. The highest BCUT2D eigenvalue weighted by Crippen LogP contribution is 2.42.